The van der Waals surface area contributed by atoms with Gasteiger partial charge in [-0.05, 0) is 75.8 Å². The summed E-state index contributed by atoms with van der Waals surface area (Å²) in [6, 6.07) is 14.8. The number of H-pyrrole nitrogens is 2. The van der Waals surface area contributed by atoms with Gasteiger partial charge >= 0.3 is 6.18 Å². The van der Waals surface area contributed by atoms with E-state index < -0.39 is 24.0 Å². The molecule has 2 amide bonds. The standard InChI is InChI=1S/C49H57F3N10O2/c1-5-59(6-2)41(33-17-11-9-12-18-33)47(63)61-27-15-21-38(61)45-55-31-37(56-45)36-29-53-44(54-30-36)35-25-23-32(24-26-35)40-43(49(50,51)52)58-46(57-40)39-22-16-28-62(39)48(64)42(60(7-3)8-4)34-19-13-10-14-20-34/h9-13,17-19,23-26,29-31,38-39,41-42H,5-8,14-16,20-22,27-28H2,1-4H3,(H,55,56)(H,57,58)/t38?,39-,41+,42+/m0/s1. The van der Waals surface area contributed by atoms with Crippen molar-refractivity contribution in [2.75, 3.05) is 39.3 Å². The van der Waals surface area contributed by atoms with Crippen molar-refractivity contribution in [3.63, 3.8) is 0 Å². The Morgan fingerprint density at radius 1 is 0.734 bits per heavy atom. The first-order chi connectivity index (χ1) is 31.0. The van der Waals surface area contributed by atoms with Crippen LogP contribution in [0, 0.1) is 0 Å². The van der Waals surface area contributed by atoms with Gasteiger partial charge in [0.15, 0.2) is 5.82 Å². The maximum absolute atomic E-state index is 14.7. The minimum Gasteiger partial charge on any atom is -0.340 e. The molecule has 8 rings (SSSR count). The number of alkyl halides is 3. The molecule has 0 radical (unpaired) electrons. The highest BCUT2D eigenvalue weighted by molar-refractivity contribution is 5.86. The predicted octanol–water partition coefficient (Wildman–Crippen LogP) is 9.34. The Kier molecular flexibility index (Phi) is 13.6. The molecule has 3 aliphatic rings. The van der Waals surface area contributed by atoms with Gasteiger partial charge in [0.25, 0.3) is 0 Å². The van der Waals surface area contributed by atoms with E-state index in [0.717, 1.165) is 49.9 Å². The third-order valence-corrected chi connectivity index (χ3v) is 13.0. The second kappa shape index (κ2) is 19.4. The lowest BCUT2D eigenvalue weighted by Crippen LogP contribution is -2.49. The molecule has 2 fully saturated rings. The Hall–Kier alpha value is -5.93. The van der Waals surface area contributed by atoms with Gasteiger partial charge in [-0.15, -0.1) is 0 Å². The molecule has 0 saturated carbocycles. The van der Waals surface area contributed by atoms with Crippen LogP contribution in [0.15, 0.2) is 97.0 Å². The van der Waals surface area contributed by atoms with Gasteiger partial charge in [0, 0.05) is 42.2 Å². The lowest BCUT2D eigenvalue weighted by Gasteiger charge is -2.36. The molecule has 0 bridgehead atoms. The summed E-state index contributed by atoms with van der Waals surface area (Å²) in [5.41, 5.74) is 3.15. The van der Waals surface area contributed by atoms with E-state index in [1.807, 2.05) is 61.2 Å². The van der Waals surface area contributed by atoms with E-state index in [0.29, 0.717) is 67.5 Å². The summed E-state index contributed by atoms with van der Waals surface area (Å²) < 4.78 is 44.0. The summed E-state index contributed by atoms with van der Waals surface area (Å²) in [6.07, 6.45) is 10.9. The summed E-state index contributed by atoms with van der Waals surface area (Å²) in [7, 11) is 0. The van der Waals surface area contributed by atoms with Crippen LogP contribution >= 0.6 is 0 Å². The largest absolute Gasteiger partial charge is 0.433 e. The Morgan fingerprint density at radius 3 is 1.92 bits per heavy atom. The number of halogens is 3. The topological polar surface area (TPSA) is 130 Å². The number of aromatic amines is 2. The third kappa shape index (κ3) is 9.05. The number of imidazole rings is 2. The molecule has 4 atom stereocenters. The van der Waals surface area contributed by atoms with Crippen LogP contribution in [-0.4, -0.2) is 107 Å². The summed E-state index contributed by atoms with van der Waals surface area (Å²) in [5, 5.41) is 0. The fourth-order valence-electron chi connectivity index (χ4n) is 9.67. The Balaban J connectivity index is 0.987. The van der Waals surface area contributed by atoms with Crippen molar-refractivity contribution in [2.24, 2.45) is 0 Å². The highest BCUT2D eigenvalue weighted by Gasteiger charge is 2.43. The monoisotopic (exact) mass is 874 g/mol. The maximum Gasteiger partial charge on any atom is 0.433 e. The summed E-state index contributed by atoms with van der Waals surface area (Å²) >= 11 is 0. The predicted molar refractivity (Wildman–Crippen MR) is 240 cm³/mol. The summed E-state index contributed by atoms with van der Waals surface area (Å²) in [4.78, 5) is 61.1. The van der Waals surface area contributed by atoms with Crippen molar-refractivity contribution in [1.82, 2.24) is 49.5 Å². The zero-order valence-corrected chi connectivity index (χ0v) is 37.0. The number of carbonyl (C=O) groups excluding carboxylic acids is 2. The first-order valence-corrected chi connectivity index (χ1v) is 22.7. The second-order valence-electron chi connectivity index (χ2n) is 16.6. The van der Waals surface area contributed by atoms with Crippen molar-refractivity contribution in [3.05, 3.63) is 120 Å². The number of likely N-dealkylation sites (N-methyl/N-ethyl adjacent to an activating group) is 2. The van der Waals surface area contributed by atoms with Gasteiger partial charge < -0.3 is 19.8 Å². The second-order valence-corrected chi connectivity index (χ2v) is 16.6. The number of hydrogen-bond acceptors (Lipinski definition) is 8. The zero-order chi connectivity index (χ0) is 45.0. The van der Waals surface area contributed by atoms with Crippen molar-refractivity contribution in [2.45, 2.75) is 96.6 Å². The molecule has 1 unspecified atom stereocenters. The molecule has 12 nitrogen and oxygen atoms in total. The van der Waals surface area contributed by atoms with E-state index in [1.54, 1.807) is 47.8 Å². The molecule has 2 aliphatic heterocycles. The number of carbonyl (C=O) groups is 2. The van der Waals surface area contributed by atoms with Gasteiger partial charge in [-0.3, -0.25) is 19.4 Å². The number of aromatic nitrogens is 6. The molecule has 5 heterocycles. The van der Waals surface area contributed by atoms with Crippen molar-refractivity contribution in [1.29, 1.82) is 0 Å². The van der Waals surface area contributed by atoms with Crippen LogP contribution < -0.4 is 0 Å². The van der Waals surface area contributed by atoms with Crippen molar-refractivity contribution < 1.29 is 22.8 Å². The van der Waals surface area contributed by atoms with Crippen LogP contribution in [0.3, 0.4) is 0 Å². The van der Waals surface area contributed by atoms with E-state index in [1.165, 1.54) is 0 Å². The lowest BCUT2D eigenvalue weighted by molar-refractivity contribution is -0.140. The smallest absolute Gasteiger partial charge is 0.340 e. The Bertz CT molecular complexity index is 2440. The highest BCUT2D eigenvalue weighted by atomic mass is 19.4. The zero-order valence-electron chi connectivity index (χ0n) is 37.0. The number of benzene rings is 2. The van der Waals surface area contributed by atoms with E-state index in [4.69, 9.17) is 4.98 Å². The molecule has 3 aromatic heterocycles. The molecular weight excluding hydrogens is 818 g/mol. The fourth-order valence-corrected chi connectivity index (χ4v) is 9.67. The minimum atomic E-state index is -4.71. The lowest BCUT2D eigenvalue weighted by atomic mass is 9.95. The number of amides is 2. The molecule has 336 valence electrons. The molecule has 15 heteroatoms. The van der Waals surface area contributed by atoms with Gasteiger partial charge in [0.1, 0.15) is 35.1 Å². The van der Waals surface area contributed by atoms with Gasteiger partial charge in [0.05, 0.1) is 24.0 Å². The molecule has 5 aromatic rings. The average Bonchev–Trinajstić information content (AvgIpc) is 4.17. The van der Waals surface area contributed by atoms with Crippen LogP contribution in [-0.2, 0) is 15.8 Å². The van der Waals surface area contributed by atoms with Crippen LogP contribution in [0.2, 0.25) is 0 Å². The van der Waals surface area contributed by atoms with Crippen LogP contribution in [0.4, 0.5) is 13.2 Å². The third-order valence-electron chi connectivity index (χ3n) is 13.0. The van der Waals surface area contributed by atoms with Crippen LogP contribution in [0.1, 0.15) is 107 Å². The number of hydrogen-bond donors (Lipinski definition) is 2. The molecule has 1 aliphatic carbocycles. The van der Waals surface area contributed by atoms with Crippen LogP contribution in [0.5, 0.6) is 0 Å². The molecule has 0 spiro atoms. The SMILES string of the molecule is CCN(CC)[C@@H](C(=O)N1CCC[C@H]1c1nc(-c2ccc(-c3ncc(-c4cnc(C5CCCN5C(=O)[C@@H](c5ccccc5)N(CC)CC)[nH]4)cn3)cc2)c(C(F)(F)F)[nH]1)C1=CC=CCC1. The number of likely N-dealkylation sites (tertiary alicyclic amines) is 2. The summed E-state index contributed by atoms with van der Waals surface area (Å²) in [5.74, 6) is 1.21. The van der Waals surface area contributed by atoms with Crippen molar-refractivity contribution in [3.8, 4) is 33.9 Å². The Labute approximate surface area is 372 Å². The number of rotatable bonds is 15. The van der Waals surface area contributed by atoms with E-state index >= 15 is 0 Å². The van der Waals surface area contributed by atoms with Gasteiger partial charge in [-0.2, -0.15) is 13.2 Å². The molecule has 2 aromatic carbocycles. The average molecular weight is 875 g/mol. The normalized spacial score (nSPS) is 18.9. The molecular formula is C49H57F3N10O2. The number of nitrogens with zero attached hydrogens (tertiary/aromatic N) is 8. The quantitative estimate of drug-likeness (QED) is 0.107. The number of nitrogens with one attached hydrogen (secondary N) is 2. The first kappa shape index (κ1) is 44.7. The molecule has 2 saturated heterocycles. The molecule has 64 heavy (non-hydrogen) atoms. The minimum absolute atomic E-state index is 0.0638. The van der Waals surface area contributed by atoms with Gasteiger partial charge in [0.2, 0.25) is 11.8 Å². The molecule has 2 N–H and O–H groups in total. The van der Waals surface area contributed by atoms with Gasteiger partial charge in [-0.25, -0.2) is 19.9 Å². The van der Waals surface area contributed by atoms with E-state index in [2.05, 4.69) is 54.6 Å². The van der Waals surface area contributed by atoms with Crippen molar-refractivity contribution >= 4 is 11.8 Å². The first-order valence-electron chi connectivity index (χ1n) is 22.7. The van der Waals surface area contributed by atoms with E-state index in [-0.39, 0.29) is 41.0 Å². The van der Waals surface area contributed by atoms with Crippen LogP contribution in [0.25, 0.3) is 33.9 Å². The number of allylic oxidation sites excluding steroid dienone is 3. The van der Waals surface area contributed by atoms with E-state index in [9.17, 15) is 22.8 Å². The Morgan fingerprint density at radius 2 is 1.33 bits per heavy atom. The maximum atomic E-state index is 14.7. The summed E-state index contributed by atoms with van der Waals surface area (Å²) in [6.45, 7) is 12.1. The highest BCUT2D eigenvalue weighted by Crippen LogP contribution is 2.41. The fraction of sp³-hybridized carbons (Fsp3) is 0.429. The van der Waals surface area contributed by atoms with Gasteiger partial charge in [-0.1, -0.05) is 101 Å².